The van der Waals surface area contributed by atoms with Crippen LogP contribution in [0.15, 0.2) is 10.3 Å². The summed E-state index contributed by atoms with van der Waals surface area (Å²) in [6.07, 6.45) is 1.76. The maximum Gasteiger partial charge on any atom is 0.349 e. The first kappa shape index (κ1) is 13.5. The Morgan fingerprint density at radius 1 is 1.50 bits per heavy atom. The summed E-state index contributed by atoms with van der Waals surface area (Å²) in [7, 11) is -0.797. The zero-order valence-corrected chi connectivity index (χ0v) is 12.1. The van der Waals surface area contributed by atoms with E-state index >= 15 is 0 Å². The summed E-state index contributed by atoms with van der Waals surface area (Å²) < 4.78 is 30.9. The number of methoxy groups -OCH3 is 1. The van der Waals surface area contributed by atoms with Gasteiger partial charge in [-0.3, -0.25) is 0 Å². The van der Waals surface area contributed by atoms with Crippen LogP contribution in [-0.4, -0.2) is 38.9 Å². The highest BCUT2D eigenvalue weighted by molar-refractivity contribution is 7.89. The number of rotatable bonds is 4. The van der Waals surface area contributed by atoms with Crippen LogP contribution in [0.25, 0.3) is 0 Å². The zero-order chi connectivity index (χ0) is 13.5. The van der Waals surface area contributed by atoms with E-state index in [0.717, 1.165) is 24.2 Å². The van der Waals surface area contributed by atoms with Gasteiger partial charge < -0.3 is 4.74 Å². The van der Waals surface area contributed by atoms with Crippen molar-refractivity contribution in [2.75, 3.05) is 14.2 Å². The van der Waals surface area contributed by atoms with Crippen molar-refractivity contribution >= 4 is 27.3 Å². The lowest BCUT2D eigenvalue weighted by molar-refractivity contribution is 0.0602. The molecule has 2 rings (SSSR count). The molecule has 18 heavy (non-hydrogen) atoms. The van der Waals surface area contributed by atoms with Crippen LogP contribution in [0.2, 0.25) is 0 Å². The molecule has 1 aromatic heterocycles. The van der Waals surface area contributed by atoms with Gasteiger partial charge in [0.1, 0.15) is 9.77 Å². The normalized spacial score (nSPS) is 16.0. The number of carbonyl (C=O) groups is 1. The summed E-state index contributed by atoms with van der Waals surface area (Å²) in [5, 5.41) is 1.67. The molecule has 0 spiro atoms. The van der Waals surface area contributed by atoms with Crippen molar-refractivity contribution in [3.05, 3.63) is 15.8 Å². The molecule has 1 aromatic rings. The molecule has 0 radical (unpaired) electrons. The molecule has 0 amide bonds. The Kier molecular flexibility index (Phi) is 3.48. The topological polar surface area (TPSA) is 63.7 Å². The van der Waals surface area contributed by atoms with Gasteiger partial charge in [-0.25, -0.2) is 13.2 Å². The van der Waals surface area contributed by atoms with E-state index in [1.165, 1.54) is 11.4 Å². The maximum atomic E-state index is 12.5. The van der Waals surface area contributed by atoms with Crippen LogP contribution in [0, 0.1) is 6.92 Å². The number of aryl methyl sites for hydroxylation is 1. The Bertz CT molecular complexity index is 572. The molecule has 1 saturated carbocycles. The standard InChI is InChI=1S/C11H15NO4S2/c1-7-6-17-9(11(13)16-3)10(7)18(14,15)12(2)8-4-5-8/h6,8H,4-5H2,1-3H3. The number of nitrogens with zero attached hydrogens (tertiary/aromatic N) is 1. The molecule has 0 bridgehead atoms. The molecule has 1 aliphatic carbocycles. The third-order valence-electron chi connectivity index (χ3n) is 2.99. The van der Waals surface area contributed by atoms with E-state index in [9.17, 15) is 13.2 Å². The molecule has 7 heteroatoms. The van der Waals surface area contributed by atoms with Gasteiger partial charge in [-0.1, -0.05) is 0 Å². The van der Waals surface area contributed by atoms with Gasteiger partial charge in [0.05, 0.1) is 7.11 Å². The molecule has 1 fully saturated rings. The molecular weight excluding hydrogens is 274 g/mol. The molecule has 1 heterocycles. The van der Waals surface area contributed by atoms with Gasteiger partial charge in [-0.2, -0.15) is 4.31 Å². The number of thiophene rings is 1. The fourth-order valence-corrected chi connectivity index (χ4v) is 4.84. The quantitative estimate of drug-likeness (QED) is 0.790. The molecule has 5 nitrogen and oxygen atoms in total. The Balaban J connectivity index is 2.49. The van der Waals surface area contributed by atoms with Gasteiger partial charge in [0.15, 0.2) is 0 Å². The SMILES string of the molecule is COC(=O)c1scc(C)c1S(=O)(=O)N(C)C1CC1. The van der Waals surface area contributed by atoms with Crippen LogP contribution in [0.4, 0.5) is 0 Å². The summed E-state index contributed by atoms with van der Waals surface area (Å²) in [6, 6.07) is 0.0693. The van der Waals surface area contributed by atoms with E-state index in [-0.39, 0.29) is 15.8 Å². The lowest BCUT2D eigenvalue weighted by Crippen LogP contribution is -2.30. The number of hydrogen-bond donors (Lipinski definition) is 0. The Morgan fingerprint density at radius 2 is 2.11 bits per heavy atom. The summed E-state index contributed by atoms with van der Waals surface area (Å²) >= 11 is 1.10. The Morgan fingerprint density at radius 3 is 2.61 bits per heavy atom. The highest BCUT2D eigenvalue weighted by Crippen LogP contribution is 2.35. The minimum atomic E-state index is -3.61. The van der Waals surface area contributed by atoms with Crippen LogP contribution in [-0.2, 0) is 14.8 Å². The predicted octanol–water partition coefficient (Wildman–Crippen LogP) is 1.63. The van der Waals surface area contributed by atoms with Crippen molar-refractivity contribution in [2.45, 2.75) is 30.7 Å². The van der Waals surface area contributed by atoms with E-state index in [0.29, 0.717) is 5.56 Å². The molecule has 0 atom stereocenters. The first-order valence-electron chi connectivity index (χ1n) is 5.54. The number of carbonyl (C=O) groups excluding carboxylic acids is 1. The van der Waals surface area contributed by atoms with Gasteiger partial charge in [0.2, 0.25) is 10.0 Å². The summed E-state index contributed by atoms with van der Waals surface area (Å²) in [5.41, 5.74) is 0.591. The molecule has 0 aromatic carbocycles. The fourth-order valence-electron chi connectivity index (χ4n) is 1.77. The molecule has 1 aliphatic rings. The predicted molar refractivity (Wildman–Crippen MR) is 68.4 cm³/mol. The zero-order valence-electron chi connectivity index (χ0n) is 10.5. The summed E-state index contributed by atoms with van der Waals surface area (Å²) in [6.45, 7) is 1.69. The van der Waals surface area contributed by atoms with Gasteiger partial charge in [0.25, 0.3) is 0 Å². The van der Waals surface area contributed by atoms with Crippen molar-refractivity contribution < 1.29 is 17.9 Å². The first-order valence-corrected chi connectivity index (χ1v) is 7.86. The molecule has 0 aliphatic heterocycles. The highest BCUT2D eigenvalue weighted by atomic mass is 32.2. The molecule has 0 saturated heterocycles. The van der Waals surface area contributed by atoms with Crippen LogP contribution in [0.5, 0.6) is 0 Å². The second kappa shape index (κ2) is 4.64. The third-order valence-corrected chi connectivity index (χ3v) is 6.29. The third kappa shape index (κ3) is 2.17. The number of ether oxygens (including phenoxy) is 1. The van der Waals surface area contributed by atoms with Crippen LogP contribution in [0.3, 0.4) is 0 Å². The molecular formula is C11H15NO4S2. The summed E-state index contributed by atoms with van der Waals surface area (Å²) in [5.74, 6) is -0.601. The average Bonchev–Trinajstić information content (AvgIpc) is 3.09. The van der Waals surface area contributed by atoms with Crippen molar-refractivity contribution in [3.8, 4) is 0 Å². The molecule has 100 valence electrons. The van der Waals surface area contributed by atoms with Gasteiger partial charge in [-0.15, -0.1) is 11.3 Å². The largest absolute Gasteiger partial charge is 0.465 e. The summed E-state index contributed by atoms with van der Waals surface area (Å²) in [4.78, 5) is 11.9. The van der Waals surface area contributed by atoms with Crippen LogP contribution in [0.1, 0.15) is 28.1 Å². The average molecular weight is 289 g/mol. The van der Waals surface area contributed by atoms with Crippen LogP contribution < -0.4 is 0 Å². The van der Waals surface area contributed by atoms with Gasteiger partial charge >= 0.3 is 5.97 Å². The maximum absolute atomic E-state index is 12.5. The van der Waals surface area contributed by atoms with E-state index in [1.54, 1.807) is 19.4 Å². The van der Waals surface area contributed by atoms with E-state index < -0.39 is 16.0 Å². The smallest absolute Gasteiger partial charge is 0.349 e. The number of sulfonamides is 1. The van der Waals surface area contributed by atoms with E-state index in [1.807, 2.05) is 0 Å². The first-order chi connectivity index (χ1) is 8.39. The van der Waals surface area contributed by atoms with Crippen LogP contribution >= 0.6 is 11.3 Å². The fraction of sp³-hybridized carbons (Fsp3) is 0.545. The molecule has 0 N–H and O–H groups in total. The second-order valence-corrected chi connectivity index (χ2v) is 7.13. The lowest BCUT2D eigenvalue weighted by Gasteiger charge is -2.17. The van der Waals surface area contributed by atoms with Gasteiger partial charge in [0, 0.05) is 13.1 Å². The minimum Gasteiger partial charge on any atom is -0.465 e. The van der Waals surface area contributed by atoms with Crippen molar-refractivity contribution in [2.24, 2.45) is 0 Å². The monoisotopic (exact) mass is 289 g/mol. The minimum absolute atomic E-state index is 0.0693. The Hall–Kier alpha value is -0.920. The number of hydrogen-bond acceptors (Lipinski definition) is 5. The van der Waals surface area contributed by atoms with Crippen molar-refractivity contribution in [3.63, 3.8) is 0 Å². The van der Waals surface area contributed by atoms with E-state index in [4.69, 9.17) is 0 Å². The van der Waals surface area contributed by atoms with Crippen molar-refractivity contribution in [1.29, 1.82) is 0 Å². The Labute approximate surface area is 110 Å². The lowest BCUT2D eigenvalue weighted by atomic mass is 10.3. The van der Waals surface area contributed by atoms with Gasteiger partial charge in [-0.05, 0) is 30.7 Å². The van der Waals surface area contributed by atoms with Crippen molar-refractivity contribution in [1.82, 2.24) is 4.31 Å². The van der Waals surface area contributed by atoms with E-state index in [2.05, 4.69) is 4.74 Å². The molecule has 0 unspecified atom stereocenters. The second-order valence-electron chi connectivity index (χ2n) is 4.32. The number of esters is 1. The highest BCUT2D eigenvalue weighted by Gasteiger charge is 2.38.